The van der Waals surface area contributed by atoms with Crippen molar-refractivity contribution in [2.24, 2.45) is 0 Å². The maximum absolute atomic E-state index is 12.1. The number of hydrogen-bond acceptors (Lipinski definition) is 4. The molecule has 1 heterocycles. The third kappa shape index (κ3) is 4.13. The quantitative estimate of drug-likeness (QED) is 0.833. The number of hydrogen-bond donors (Lipinski definition) is 1. The van der Waals surface area contributed by atoms with Crippen molar-refractivity contribution in [1.29, 1.82) is 0 Å². The highest BCUT2D eigenvalue weighted by molar-refractivity contribution is 5.85. The van der Waals surface area contributed by atoms with Crippen LogP contribution in [-0.4, -0.2) is 47.7 Å². The summed E-state index contributed by atoms with van der Waals surface area (Å²) in [6, 6.07) is 6.31. The number of nitrogens with zero attached hydrogens (tertiary/aromatic N) is 1. The number of carbonyl (C=O) groups is 2. The lowest BCUT2D eigenvalue weighted by Gasteiger charge is -2.21. The largest absolute Gasteiger partial charge is 0.494 e. The Balaban J connectivity index is 1.84. The van der Waals surface area contributed by atoms with Crippen LogP contribution in [0.15, 0.2) is 24.3 Å². The number of ether oxygens (including phenoxy) is 2. The van der Waals surface area contributed by atoms with E-state index in [1.807, 2.05) is 6.92 Å². The van der Waals surface area contributed by atoms with E-state index in [1.165, 1.54) is 4.90 Å². The highest BCUT2D eigenvalue weighted by atomic mass is 16.5. The van der Waals surface area contributed by atoms with Crippen LogP contribution in [0.2, 0.25) is 0 Å². The summed E-state index contributed by atoms with van der Waals surface area (Å²) >= 11 is 0. The van der Waals surface area contributed by atoms with Gasteiger partial charge in [-0.15, -0.1) is 0 Å². The zero-order valence-electron chi connectivity index (χ0n) is 12.7. The molecule has 1 aromatic carbocycles. The maximum Gasteiger partial charge on any atom is 0.326 e. The summed E-state index contributed by atoms with van der Waals surface area (Å²) in [4.78, 5) is 24.5. The third-order valence-electron chi connectivity index (χ3n) is 3.52. The topological polar surface area (TPSA) is 76.1 Å². The van der Waals surface area contributed by atoms with Gasteiger partial charge in [0.1, 0.15) is 17.5 Å². The van der Waals surface area contributed by atoms with Crippen LogP contribution in [0.5, 0.6) is 11.5 Å². The predicted molar refractivity (Wildman–Crippen MR) is 80.1 cm³/mol. The van der Waals surface area contributed by atoms with E-state index < -0.39 is 12.0 Å². The van der Waals surface area contributed by atoms with Crippen molar-refractivity contribution < 1.29 is 24.2 Å². The van der Waals surface area contributed by atoms with Crippen LogP contribution in [0.4, 0.5) is 0 Å². The molecule has 0 saturated carbocycles. The second-order valence-electron chi connectivity index (χ2n) is 5.19. The van der Waals surface area contributed by atoms with Gasteiger partial charge in [-0.2, -0.15) is 0 Å². The molecule has 0 bridgehead atoms. The van der Waals surface area contributed by atoms with Crippen molar-refractivity contribution >= 4 is 11.9 Å². The minimum Gasteiger partial charge on any atom is -0.494 e. The van der Waals surface area contributed by atoms with E-state index in [4.69, 9.17) is 14.6 Å². The Kier molecular flexibility index (Phi) is 5.63. The van der Waals surface area contributed by atoms with Gasteiger partial charge in [0, 0.05) is 6.54 Å². The van der Waals surface area contributed by atoms with E-state index in [0.29, 0.717) is 31.7 Å². The van der Waals surface area contributed by atoms with Crippen molar-refractivity contribution in [2.75, 3.05) is 19.8 Å². The van der Waals surface area contributed by atoms with Crippen LogP contribution >= 0.6 is 0 Å². The van der Waals surface area contributed by atoms with Gasteiger partial charge >= 0.3 is 5.97 Å². The minimum atomic E-state index is -0.955. The van der Waals surface area contributed by atoms with Crippen molar-refractivity contribution in [3.8, 4) is 11.5 Å². The molecule has 22 heavy (non-hydrogen) atoms. The van der Waals surface area contributed by atoms with E-state index in [2.05, 4.69) is 0 Å². The highest BCUT2D eigenvalue weighted by Gasteiger charge is 2.33. The molecule has 0 unspecified atom stereocenters. The molecule has 6 nitrogen and oxygen atoms in total. The first-order valence-electron chi connectivity index (χ1n) is 7.49. The summed E-state index contributed by atoms with van der Waals surface area (Å²) in [6.07, 6.45) is 2.16. The van der Waals surface area contributed by atoms with Crippen LogP contribution in [0.25, 0.3) is 0 Å². The van der Waals surface area contributed by atoms with Gasteiger partial charge < -0.3 is 19.5 Å². The molecule has 1 atom stereocenters. The molecule has 1 N–H and O–H groups in total. The van der Waals surface area contributed by atoms with Crippen LogP contribution < -0.4 is 9.47 Å². The predicted octanol–water partition coefficient (Wildman–Crippen LogP) is 1.93. The molecule has 120 valence electrons. The minimum absolute atomic E-state index is 0.154. The standard InChI is InChI=1S/C16H21NO5/c1-2-10-21-12-5-7-13(8-6-12)22-11-15(18)17-9-3-4-14(17)16(19)20/h5-8,14H,2-4,9-11H2,1H3,(H,19,20)/t14-/m0/s1. The summed E-state index contributed by atoms with van der Waals surface area (Å²) in [6.45, 7) is 3.01. The Morgan fingerprint density at radius 2 is 1.86 bits per heavy atom. The Bertz CT molecular complexity index is 514. The summed E-state index contributed by atoms with van der Waals surface area (Å²) in [7, 11) is 0. The molecule has 1 aliphatic heterocycles. The SMILES string of the molecule is CCCOc1ccc(OCC(=O)N2CCC[C@H]2C(=O)O)cc1. The fraction of sp³-hybridized carbons (Fsp3) is 0.500. The molecule has 2 rings (SSSR count). The van der Waals surface area contributed by atoms with Crippen LogP contribution in [0.3, 0.4) is 0 Å². The molecule has 1 aromatic rings. The zero-order chi connectivity index (χ0) is 15.9. The summed E-state index contributed by atoms with van der Waals surface area (Å²) in [5, 5.41) is 9.07. The normalized spacial score (nSPS) is 17.3. The number of likely N-dealkylation sites (tertiary alicyclic amines) is 1. The van der Waals surface area contributed by atoms with Crippen LogP contribution in [-0.2, 0) is 9.59 Å². The van der Waals surface area contributed by atoms with E-state index in [-0.39, 0.29) is 12.5 Å². The molecule has 6 heteroatoms. The fourth-order valence-electron chi connectivity index (χ4n) is 2.40. The molecular formula is C16H21NO5. The molecule has 0 radical (unpaired) electrons. The first kappa shape index (κ1) is 16.1. The number of carbonyl (C=O) groups excluding carboxylic acids is 1. The van der Waals surface area contributed by atoms with Gasteiger partial charge in [0.05, 0.1) is 6.61 Å². The number of aliphatic carboxylic acids is 1. The first-order chi connectivity index (χ1) is 10.6. The van der Waals surface area contributed by atoms with E-state index in [1.54, 1.807) is 24.3 Å². The van der Waals surface area contributed by atoms with E-state index in [0.717, 1.165) is 12.2 Å². The third-order valence-corrected chi connectivity index (χ3v) is 3.52. The lowest BCUT2D eigenvalue weighted by molar-refractivity contribution is -0.148. The van der Waals surface area contributed by atoms with Crippen molar-refractivity contribution in [3.05, 3.63) is 24.3 Å². The summed E-state index contributed by atoms with van der Waals surface area (Å²) < 4.78 is 10.9. The molecule has 1 amide bonds. The van der Waals surface area contributed by atoms with Gasteiger partial charge in [0.2, 0.25) is 0 Å². The Labute approximate surface area is 129 Å². The highest BCUT2D eigenvalue weighted by Crippen LogP contribution is 2.20. The number of amides is 1. The number of carboxylic acids is 1. The van der Waals surface area contributed by atoms with Gasteiger partial charge in [0.25, 0.3) is 5.91 Å². The van der Waals surface area contributed by atoms with Gasteiger partial charge in [-0.25, -0.2) is 4.79 Å². The molecular weight excluding hydrogens is 286 g/mol. The second kappa shape index (κ2) is 7.68. The second-order valence-corrected chi connectivity index (χ2v) is 5.19. The molecule has 1 aliphatic rings. The van der Waals surface area contributed by atoms with Gasteiger partial charge in [-0.1, -0.05) is 6.92 Å². The molecule has 1 fully saturated rings. The average Bonchev–Trinajstić information content (AvgIpc) is 3.01. The van der Waals surface area contributed by atoms with Gasteiger partial charge in [-0.05, 0) is 43.5 Å². The van der Waals surface area contributed by atoms with Gasteiger partial charge in [-0.3, -0.25) is 4.79 Å². The van der Waals surface area contributed by atoms with Gasteiger partial charge in [0.15, 0.2) is 6.61 Å². The maximum atomic E-state index is 12.1. The molecule has 1 saturated heterocycles. The van der Waals surface area contributed by atoms with Crippen molar-refractivity contribution in [3.63, 3.8) is 0 Å². The summed E-state index contributed by atoms with van der Waals surface area (Å²) in [5.41, 5.74) is 0. The van der Waals surface area contributed by atoms with Crippen molar-refractivity contribution in [2.45, 2.75) is 32.2 Å². The van der Waals surface area contributed by atoms with Crippen molar-refractivity contribution in [1.82, 2.24) is 4.90 Å². The lowest BCUT2D eigenvalue weighted by atomic mass is 10.2. The van der Waals surface area contributed by atoms with Crippen LogP contribution in [0, 0.1) is 0 Å². The average molecular weight is 307 g/mol. The molecule has 0 aliphatic carbocycles. The number of carboxylic acid groups (broad SMARTS) is 1. The Hall–Kier alpha value is -2.24. The lowest BCUT2D eigenvalue weighted by Crippen LogP contribution is -2.42. The molecule has 0 spiro atoms. The molecule has 0 aromatic heterocycles. The van der Waals surface area contributed by atoms with E-state index >= 15 is 0 Å². The van der Waals surface area contributed by atoms with Crippen LogP contribution in [0.1, 0.15) is 26.2 Å². The fourth-order valence-corrected chi connectivity index (χ4v) is 2.40. The number of benzene rings is 1. The first-order valence-corrected chi connectivity index (χ1v) is 7.49. The zero-order valence-corrected chi connectivity index (χ0v) is 12.7. The van der Waals surface area contributed by atoms with E-state index in [9.17, 15) is 9.59 Å². The monoisotopic (exact) mass is 307 g/mol. The Morgan fingerprint density at radius 3 is 2.45 bits per heavy atom. The number of rotatable bonds is 7. The summed E-state index contributed by atoms with van der Waals surface area (Å²) in [5.74, 6) is 0.0637. The smallest absolute Gasteiger partial charge is 0.326 e. The Morgan fingerprint density at radius 1 is 1.23 bits per heavy atom.